The molecule has 5 rings (SSSR count). The predicted octanol–water partition coefficient (Wildman–Crippen LogP) is 2.90. The summed E-state index contributed by atoms with van der Waals surface area (Å²) in [6.45, 7) is 5.86. The molecule has 2 aliphatic heterocycles. The first-order valence-corrected chi connectivity index (χ1v) is 12.4. The van der Waals surface area contributed by atoms with Crippen LogP contribution in [0.4, 0.5) is 11.5 Å². The van der Waals surface area contributed by atoms with Crippen molar-refractivity contribution < 1.29 is 19.4 Å². The number of aliphatic hydroxyl groups is 1. The highest BCUT2D eigenvalue weighted by atomic mass is 16.7. The smallest absolute Gasteiger partial charge is 0.259 e. The maximum atomic E-state index is 13.5. The third-order valence-corrected chi connectivity index (χ3v) is 6.75. The molecule has 9 heteroatoms. The zero-order valence-electron chi connectivity index (χ0n) is 20.7. The van der Waals surface area contributed by atoms with Gasteiger partial charge in [-0.3, -0.25) is 14.6 Å². The van der Waals surface area contributed by atoms with Crippen molar-refractivity contribution in [2.24, 2.45) is 0 Å². The number of benzene rings is 2. The second-order valence-corrected chi connectivity index (χ2v) is 9.15. The molecule has 9 nitrogen and oxygen atoms in total. The summed E-state index contributed by atoms with van der Waals surface area (Å²) >= 11 is 0. The third kappa shape index (κ3) is 5.35. The molecule has 0 bridgehead atoms. The minimum Gasteiger partial charge on any atom is -0.483 e. The van der Waals surface area contributed by atoms with Crippen molar-refractivity contribution in [3.8, 4) is 17.6 Å². The van der Waals surface area contributed by atoms with Crippen LogP contribution in [0.25, 0.3) is 0 Å². The fraction of sp³-hybridized carbons (Fsp3) is 0.321. The van der Waals surface area contributed by atoms with Crippen LogP contribution >= 0.6 is 0 Å². The lowest BCUT2D eigenvalue weighted by Crippen LogP contribution is -2.53. The fourth-order valence-corrected chi connectivity index (χ4v) is 4.74. The summed E-state index contributed by atoms with van der Waals surface area (Å²) in [5.74, 6) is 1.66. The van der Waals surface area contributed by atoms with Crippen LogP contribution in [0, 0.1) is 11.3 Å². The first-order valence-electron chi connectivity index (χ1n) is 12.4. The van der Waals surface area contributed by atoms with Gasteiger partial charge in [-0.25, -0.2) is 4.98 Å². The summed E-state index contributed by atoms with van der Waals surface area (Å²) in [6.07, 6.45) is 0.711. The third-order valence-electron chi connectivity index (χ3n) is 6.75. The van der Waals surface area contributed by atoms with Crippen LogP contribution < -0.4 is 19.3 Å². The zero-order valence-corrected chi connectivity index (χ0v) is 20.7. The number of para-hydroxylation sites is 1. The molecule has 2 aliphatic rings. The van der Waals surface area contributed by atoms with Gasteiger partial charge in [0.15, 0.2) is 18.1 Å². The van der Waals surface area contributed by atoms with E-state index in [2.05, 4.69) is 27.8 Å². The number of nitrogens with zero attached hydrogens (tertiary/aromatic N) is 5. The molecule has 1 N–H and O–H groups in total. The number of piperazine rings is 1. The number of anilines is 2. The van der Waals surface area contributed by atoms with Gasteiger partial charge in [0.05, 0.1) is 17.3 Å². The second kappa shape index (κ2) is 10.9. The van der Waals surface area contributed by atoms with E-state index in [0.717, 1.165) is 31.9 Å². The van der Waals surface area contributed by atoms with Crippen LogP contribution in [-0.4, -0.2) is 72.6 Å². The van der Waals surface area contributed by atoms with E-state index >= 15 is 0 Å². The summed E-state index contributed by atoms with van der Waals surface area (Å²) in [4.78, 5) is 24.2. The molecule has 0 aliphatic carbocycles. The van der Waals surface area contributed by atoms with Crippen LogP contribution in [0.3, 0.4) is 0 Å². The van der Waals surface area contributed by atoms with Gasteiger partial charge >= 0.3 is 0 Å². The van der Waals surface area contributed by atoms with Crippen molar-refractivity contribution in [2.75, 3.05) is 49.1 Å². The van der Waals surface area contributed by atoms with E-state index < -0.39 is 6.29 Å². The maximum absolute atomic E-state index is 13.5. The Kier molecular flexibility index (Phi) is 7.21. The van der Waals surface area contributed by atoms with Crippen molar-refractivity contribution in [3.63, 3.8) is 0 Å². The van der Waals surface area contributed by atoms with E-state index in [1.54, 1.807) is 35.4 Å². The van der Waals surface area contributed by atoms with Crippen molar-refractivity contribution >= 4 is 17.4 Å². The van der Waals surface area contributed by atoms with Gasteiger partial charge in [-0.05, 0) is 55.5 Å². The van der Waals surface area contributed by atoms with E-state index in [1.807, 2.05) is 36.4 Å². The number of hydrogen-bond acceptors (Lipinski definition) is 8. The molecule has 3 heterocycles. The SMILES string of the molecule is C[C@H](CN(C(=O)c1ccc(C#N)cc1)c1ccccn1)N1CCN(c2cccc3c2OC(O)CO3)CC1. The summed E-state index contributed by atoms with van der Waals surface area (Å²) in [6, 6.07) is 20.1. The molecular weight excluding hydrogens is 470 g/mol. The summed E-state index contributed by atoms with van der Waals surface area (Å²) < 4.78 is 11.3. The average Bonchev–Trinajstić information content (AvgIpc) is 2.95. The number of carbonyl (C=O) groups is 1. The summed E-state index contributed by atoms with van der Waals surface area (Å²) in [7, 11) is 0. The average molecular weight is 500 g/mol. The van der Waals surface area contributed by atoms with Gasteiger partial charge in [-0.1, -0.05) is 12.1 Å². The quantitative estimate of drug-likeness (QED) is 0.553. The topological polar surface area (TPSA) is 102 Å². The highest BCUT2D eigenvalue weighted by Gasteiger charge is 2.29. The van der Waals surface area contributed by atoms with Gasteiger partial charge in [-0.2, -0.15) is 5.26 Å². The molecule has 0 saturated carbocycles. The van der Waals surface area contributed by atoms with E-state index in [-0.39, 0.29) is 18.6 Å². The number of carbonyl (C=O) groups excluding carboxylic acids is 1. The Morgan fingerprint density at radius 2 is 1.92 bits per heavy atom. The Labute approximate surface area is 216 Å². The molecule has 1 aromatic heterocycles. The maximum Gasteiger partial charge on any atom is 0.259 e. The van der Waals surface area contributed by atoms with Gasteiger partial charge in [0.25, 0.3) is 5.91 Å². The lowest BCUT2D eigenvalue weighted by Gasteiger charge is -2.41. The molecule has 1 unspecified atom stereocenters. The van der Waals surface area contributed by atoms with Crippen molar-refractivity contribution in [2.45, 2.75) is 19.3 Å². The number of ether oxygens (including phenoxy) is 2. The molecule has 1 fully saturated rings. The molecule has 2 atom stereocenters. The second-order valence-electron chi connectivity index (χ2n) is 9.15. The van der Waals surface area contributed by atoms with E-state index in [9.17, 15) is 9.90 Å². The Bertz CT molecular complexity index is 1270. The number of fused-ring (bicyclic) bond motifs is 1. The van der Waals surface area contributed by atoms with Gasteiger partial charge in [0.2, 0.25) is 6.29 Å². The van der Waals surface area contributed by atoms with Crippen LogP contribution in [0.1, 0.15) is 22.8 Å². The van der Waals surface area contributed by atoms with E-state index in [1.165, 1.54) is 0 Å². The van der Waals surface area contributed by atoms with Crippen LogP contribution in [0.5, 0.6) is 11.5 Å². The van der Waals surface area contributed by atoms with Crippen molar-refractivity contribution in [1.29, 1.82) is 5.26 Å². The van der Waals surface area contributed by atoms with Crippen LogP contribution in [0.2, 0.25) is 0 Å². The molecule has 1 saturated heterocycles. The predicted molar refractivity (Wildman–Crippen MR) is 139 cm³/mol. The lowest BCUT2D eigenvalue weighted by atomic mass is 10.1. The monoisotopic (exact) mass is 499 g/mol. The molecule has 37 heavy (non-hydrogen) atoms. The van der Waals surface area contributed by atoms with Crippen LogP contribution in [0.15, 0.2) is 66.9 Å². The highest BCUT2D eigenvalue weighted by Crippen LogP contribution is 2.40. The first-order chi connectivity index (χ1) is 18.0. The molecule has 3 aromatic rings. The fourth-order valence-electron chi connectivity index (χ4n) is 4.74. The molecule has 0 radical (unpaired) electrons. The molecular formula is C28H29N5O4. The Morgan fingerprint density at radius 1 is 1.14 bits per heavy atom. The van der Waals surface area contributed by atoms with Crippen LogP contribution in [-0.2, 0) is 0 Å². The molecule has 2 aromatic carbocycles. The van der Waals surface area contributed by atoms with Gasteiger partial charge < -0.3 is 19.5 Å². The Morgan fingerprint density at radius 3 is 2.62 bits per heavy atom. The number of hydrogen-bond donors (Lipinski definition) is 1. The molecule has 190 valence electrons. The number of aliphatic hydroxyl groups excluding tert-OH is 1. The molecule has 1 amide bonds. The van der Waals surface area contributed by atoms with E-state index in [0.29, 0.717) is 35.0 Å². The summed E-state index contributed by atoms with van der Waals surface area (Å²) in [5.41, 5.74) is 1.94. The number of pyridine rings is 1. The normalized spacial score (nSPS) is 18.1. The van der Waals surface area contributed by atoms with Crippen molar-refractivity contribution in [1.82, 2.24) is 9.88 Å². The highest BCUT2D eigenvalue weighted by molar-refractivity contribution is 6.05. The number of amides is 1. The summed E-state index contributed by atoms with van der Waals surface area (Å²) in [5, 5.41) is 19.0. The standard InChI is InChI=1S/C28H29N5O4/c1-20(18-33(25-7-2-3-12-30-25)28(35)22-10-8-21(17-29)9-11-22)31-13-15-32(16-14-31)23-5-4-6-24-27(23)37-26(34)19-36-24/h2-12,20,26,34H,13-16,18-19H2,1H3/t20-,26?/m1/s1. The van der Waals surface area contributed by atoms with E-state index in [4.69, 9.17) is 14.7 Å². The largest absolute Gasteiger partial charge is 0.483 e. The minimum absolute atomic E-state index is 0.0811. The van der Waals surface area contributed by atoms with Gasteiger partial charge in [0.1, 0.15) is 5.82 Å². The molecule has 0 spiro atoms. The van der Waals surface area contributed by atoms with Gasteiger partial charge in [0, 0.05) is 50.5 Å². The number of nitriles is 1. The first kappa shape index (κ1) is 24.6. The Balaban J connectivity index is 1.28. The van der Waals surface area contributed by atoms with Gasteiger partial charge in [-0.15, -0.1) is 0 Å². The number of rotatable bonds is 6. The number of aromatic nitrogens is 1. The van der Waals surface area contributed by atoms with Crippen molar-refractivity contribution in [3.05, 3.63) is 78.0 Å². The lowest BCUT2D eigenvalue weighted by molar-refractivity contribution is -0.0666. The minimum atomic E-state index is -0.971. The zero-order chi connectivity index (χ0) is 25.8. The Hall–Kier alpha value is -4.13.